The third-order valence-electron chi connectivity index (χ3n) is 4.00. The number of halogens is 1. The Morgan fingerprint density at radius 1 is 1.21 bits per heavy atom. The quantitative estimate of drug-likeness (QED) is 0.332. The highest BCUT2D eigenvalue weighted by Gasteiger charge is 2.34. The number of hydrogen-bond acceptors (Lipinski definition) is 4. The van der Waals surface area contributed by atoms with Crippen LogP contribution in [-0.4, -0.2) is 61.7 Å². The average molecular weight is 503 g/mol. The maximum absolute atomic E-state index is 12.0. The van der Waals surface area contributed by atoms with E-state index in [-0.39, 0.29) is 42.0 Å². The van der Waals surface area contributed by atoms with Gasteiger partial charge in [-0.2, -0.15) is 0 Å². The predicted octanol–water partition coefficient (Wildman–Crippen LogP) is 1.95. The second-order valence-corrected chi connectivity index (χ2v) is 7.43. The lowest BCUT2D eigenvalue weighted by molar-refractivity contribution is 0.00700. The first kappa shape index (κ1) is 24.0. The normalized spacial score (nSPS) is 14.5. The molecule has 1 heterocycles. The van der Waals surface area contributed by atoms with Crippen molar-refractivity contribution in [2.75, 3.05) is 27.2 Å². The van der Waals surface area contributed by atoms with Crippen LogP contribution in [-0.2, 0) is 11.3 Å². The monoisotopic (exact) mass is 503 g/mol. The van der Waals surface area contributed by atoms with Crippen molar-refractivity contribution in [1.82, 2.24) is 20.9 Å². The highest BCUT2D eigenvalue weighted by atomic mass is 127. The topological polar surface area (TPSA) is 95.1 Å². The number of carbonyl (C=O) groups excluding carboxylic acids is 2. The Labute approximate surface area is 183 Å². The van der Waals surface area contributed by atoms with E-state index < -0.39 is 5.60 Å². The van der Waals surface area contributed by atoms with Gasteiger partial charge in [0.05, 0.1) is 6.04 Å². The van der Waals surface area contributed by atoms with Gasteiger partial charge in [-0.05, 0) is 38.5 Å². The van der Waals surface area contributed by atoms with Gasteiger partial charge in [-0.3, -0.25) is 9.79 Å². The zero-order chi connectivity index (χ0) is 20.0. The number of amides is 2. The van der Waals surface area contributed by atoms with Gasteiger partial charge in [0.2, 0.25) is 0 Å². The molecule has 9 heteroatoms. The summed E-state index contributed by atoms with van der Waals surface area (Å²) >= 11 is 0. The molecular formula is C19H30IN5O3. The van der Waals surface area contributed by atoms with E-state index in [1.165, 1.54) is 0 Å². The van der Waals surface area contributed by atoms with Gasteiger partial charge < -0.3 is 25.6 Å². The second kappa shape index (κ2) is 10.5. The van der Waals surface area contributed by atoms with E-state index >= 15 is 0 Å². The van der Waals surface area contributed by atoms with Crippen molar-refractivity contribution in [1.29, 1.82) is 0 Å². The van der Waals surface area contributed by atoms with Crippen LogP contribution in [0.15, 0.2) is 29.3 Å². The summed E-state index contributed by atoms with van der Waals surface area (Å²) in [4.78, 5) is 29.4. The first-order chi connectivity index (χ1) is 12.7. The van der Waals surface area contributed by atoms with Crippen molar-refractivity contribution in [3.63, 3.8) is 0 Å². The summed E-state index contributed by atoms with van der Waals surface area (Å²) in [7, 11) is 3.31. The Kier molecular flexibility index (Phi) is 8.99. The largest absolute Gasteiger partial charge is 0.444 e. The third kappa shape index (κ3) is 7.17. The number of guanidine groups is 1. The second-order valence-electron chi connectivity index (χ2n) is 7.43. The minimum atomic E-state index is -0.486. The molecule has 0 aliphatic carbocycles. The van der Waals surface area contributed by atoms with Gasteiger partial charge in [0, 0.05) is 39.3 Å². The molecule has 1 aliphatic rings. The lowest BCUT2D eigenvalue weighted by Gasteiger charge is -2.40. The number of benzene rings is 1. The van der Waals surface area contributed by atoms with Crippen molar-refractivity contribution in [3.8, 4) is 0 Å². The van der Waals surface area contributed by atoms with Crippen LogP contribution in [0.1, 0.15) is 36.7 Å². The number of aliphatic imine (C=N–C) groups is 1. The Morgan fingerprint density at radius 3 is 2.32 bits per heavy atom. The zero-order valence-corrected chi connectivity index (χ0v) is 19.4. The molecular weight excluding hydrogens is 473 g/mol. The molecule has 0 saturated carbocycles. The number of carbonyl (C=O) groups is 2. The molecule has 1 saturated heterocycles. The highest BCUT2D eigenvalue weighted by molar-refractivity contribution is 14.0. The molecule has 1 fully saturated rings. The molecule has 2 rings (SSSR count). The number of nitrogens with one attached hydrogen (secondary N) is 3. The van der Waals surface area contributed by atoms with Crippen molar-refractivity contribution in [2.24, 2.45) is 4.99 Å². The van der Waals surface area contributed by atoms with Crippen LogP contribution in [0.25, 0.3) is 0 Å². The van der Waals surface area contributed by atoms with E-state index in [4.69, 9.17) is 4.74 Å². The Balaban J connectivity index is 0.00000392. The number of likely N-dealkylation sites (tertiary alicyclic amines) is 1. The van der Waals surface area contributed by atoms with Gasteiger partial charge in [0.15, 0.2) is 5.96 Å². The average Bonchev–Trinajstić information content (AvgIpc) is 2.58. The molecule has 156 valence electrons. The Bertz CT molecular complexity index is 695. The number of rotatable bonds is 4. The van der Waals surface area contributed by atoms with Gasteiger partial charge in [0.1, 0.15) is 5.60 Å². The lowest BCUT2D eigenvalue weighted by Crippen LogP contribution is -2.63. The van der Waals surface area contributed by atoms with Gasteiger partial charge >= 0.3 is 6.09 Å². The number of ether oxygens (including phenoxy) is 1. The molecule has 1 aromatic carbocycles. The van der Waals surface area contributed by atoms with Gasteiger partial charge in [0.25, 0.3) is 5.91 Å². The van der Waals surface area contributed by atoms with E-state index in [0.717, 1.165) is 5.56 Å². The minimum absolute atomic E-state index is 0. The molecule has 28 heavy (non-hydrogen) atoms. The molecule has 0 unspecified atom stereocenters. The summed E-state index contributed by atoms with van der Waals surface area (Å²) in [5.74, 6) is 0.561. The van der Waals surface area contributed by atoms with E-state index in [0.29, 0.717) is 31.2 Å². The van der Waals surface area contributed by atoms with E-state index in [9.17, 15) is 9.59 Å². The molecule has 2 amide bonds. The van der Waals surface area contributed by atoms with Crippen molar-refractivity contribution in [3.05, 3.63) is 35.4 Å². The molecule has 1 aromatic rings. The first-order valence-corrected chi connectivity index (χ1v) is 8.98. The Hall–Kier alpha value is -2.04. The molecule has 0 atom stereocenters. The van der Waals surface area contributed by atoms with Crippen LogP contribution in [0, 0.1) is 0 Å². The highest BCUT2D eigenvalue weighted by Crippen LogP contribution is 2.15. The minimum Gasteiger partial charge on any atom is -0.444 e. The summed E-state index contributed by atoms with van der Waals surface area (Å²) in [6.07, 6.45) is -0.292. The molecule has 0 bridgehead atoms. The van der Waals surface area contributed by atoms with Crippen LogP contribution in [0.3, 0.4) is 0 Å². The van der Waals surface area contributed by atoms with Crippen LogP contribution < -0.4 is 16.0 Å². The molecule has 0 radical (unpaired) electrons. The first-order valence-electron chi connectivity index (χ1n) is 8.98. The van der Waals surface area contributed by atoms with Gasteiger partial charge in [-0.1, -0.05) is 12.1 Å². The fraction of sp³-hybridized carbons (Fsp3) is 0.526. The zero-order valence-electron chi connectivity index (χ0n) is 17.0. The number of hydrogen-bond donors (Lipinski definition) is 3. The molecule has 3 N–H and O–H groups in total. The van der Waals surface area contributed by atoms with Gasteiger partial charge in [-0.15, -0.1) is 24.0 Å². The van der Waals surface area contributed by atoms with Crippen LogP contribution in [0.5, 0.6) is 0 Å². The maximum Gasteiger partial charge on any atom is 0.410 e. The van der Waals surface area contributed by atoms with Crippen LogP contribution in [0.2, 0.25) is 0 Å². The maximum atomic E-state index is 12.0. The van der Waals surface area contributed by atoms with Crippen molar-refractivity contribution < 1.29 is 14.3 Å². The SMILES string of the molecule is CN=C(NCc1ccc(C(=O)NC)cc1)NC1CN(C(=O)OC(C)(C)C)C1.I. The Morgan fingerprint density at radius 2 is 1.82 bits per heavy atom. The molecule has 8 nitrogen and oxygen atoms in total. The molecule has 1 aliphatic heterocycles. The van der Waals surface area contributed by atoms with E-state index in [1.54, 1.807) is 31.1 Å². The van der Waals surface area contributed by atoms with E-state index in [2.05, 4.69) is 20.9 Å². The summed E-state index contributed by atoms with van der Waals surface area (Å²) in [6, 6.07) is 7.52. The fourth-order valence-corrected chi connectivity index (χ4v) is 2.54. The summed E-state index contributed by atoms with van der Waals surface area (Å²) < 4.78 is 5.35. The third-order valence-corrected chi connectivity index (χ3v) is 4.00. The molecule has 0 spiro atoms. The predicted molar refractivity (Wildman–Crippen MR) is 120 cm³/mol. The number of nitrogens with zero attached hydrogens (tertiary/aromatic N) is 2. The van der Waals surface area contributed by atoms with Crippen molar-refractivity contribution >= 4 is 41.9 Å². The fourth-order valence-electron chi connectivity index (χ4n) is 2.54. The van der Waals surface area contributed by atoms with Crippen molar-refractivity contribution in [2.45, 2.75) is 39.0 Å². The lowest BCUT2D eigenvalue weighted by atomic mass is 10.1. The summed E-state index contributed by atoms with van der Waals surface area (Å²) in [6.45, 7) is 7.30. The summed E-state index contributed by atoms with van der Waals surface area (Å²) in [5.41, 5.74) is 1.18. The summed E-state index contributed by atoms with van der Waals surface area (Å²) in [5, 5.41) is 9.12. The molecule has 0 aromatic heterocycles. The smallest absolute Gasteiger partial charge is 0.410 e. The van der Waals surface area contributed by atoms with Crippen LogP contribution in [0.4, 0.5) is 4.79 Å². The van der Waals surface area contributed by atoms with Crippen LogP contribution >= 0.6 is 24.0 Å². The van der Waals surface area contributed by atoms with Gasteiger partial charge in [-0.25, -0.2) is 4.79 Å². The van der Waals surface area contributed by atoms with E-state index in [1.807, 2.05) is 32.9 Å². The standard InChI is InChI=1S/C19H29N5O3.HI/c1-19(2,3)27-18(26)24-11-15(12-24)23-17(21-5)22-10-13-6-8-14(9-7-13)16(25)20-4;/h6-9,15H,10-12H2,1-5H3,(H,20,25)(H2,21,22,23);1H.